The lowest BCUT2D eigenvalue weighted by Gasteiger charge is -2.58. The molecule has 0 spiro atoms. The number of carbonyl (C=O) groups is 1. The minimum atomic E-state index is -1.39. The first-order valence-electron chi connectivity index (χ1n) is 9.92. The van der Waals surface area contributed by atoms with Crippen molar-refractivity contribution in [2.75, 3.05) is 0 Å². The van der Waals surface area contributed by atoms with Crippen LogP contribution in [0.3, 0.4) is 0 Å². The first-order chi connectivity index (χ1) is 11.6. The van der Waals surface area contributed by atoms with E-state index in [1.54, 1.807) is 0 Å². The molecule has 0 aromatic rings. The number of Topliss-reactive ketones (excluding diaryl/α,β-unsaturated/α-hetero) is 1. The van der Waals surface area contributed by atoms with E-state index in [-0.39, 0.29) is 29.6 Å². The third kappa shape index (κ3) is 2.14. The molecule has 4 aliphatic carbocycles. The van der Waals surface area contributed by atoms with E-state index in [4.69, 9.17) is 0 Å². The Bertz CT molecular complexity index is 627. The van der Waals surface area contributed by atoms with Crippen LogP contribution in [0.4, 0.5) is 0 Å². The quantitative estimate of drug-likeness (QED) is 0.637. The van der Waals surface area contributed by atoms with Crippen molar-refractivity contribution in [3.63, 3.8) is 0 Å². The number of aliphatic hydroxyl groups is 3. The Hall–Kier alpha value is -0.710. The second-order valence-corrected chi connectivity index (χ2v) is 9.72. The van der Waals surface area contributed by atoms with Crippen molar-refractivity contribution in [3.05, 3.63) is 11.6 Å². The number of rotatable bonds is 1. The normalized spacial score (nSPS) is 55.0. The molecule has 0 amide bonds. The van der Waals surface area contributed by atoms with Gasteiger partial charge in [-0.05, 0) is 68.6 Å². The fourth-order valence-electron chi connectivity index (χ4n) is 7.30. The zero-order valence-electron chi connectivity index (χ0n) is 15.7. The molecule has 0 heterocycles. The van der Waals surface area contributed by atoms with E-state index in [2.05, 4.69) is 13.0 Å². The van der Waals surface area contributed by atoms with Crippen LogP contribution >= 0.6 is 0 Å². The Morgan fingerprint density at radius 1 is 1.20 bits per heavy atom. The molecule has 0 aromatic carbocycles. The van der Waals surface area contributed by atoms with Crippen molar-refractivity contribution in [2.45, 2.75) is 83.5 Å². The van der Waals surface area contributed by atoms with Crippen LogP contribution in [0.25, 0.3) is 0 Å². The van der Waals surface area contributed by atoms with Gasteiger partial charge in [0, 0.05) is 11.8 Å². The van der Waals surface area contributed by atoms with Gasteiger partial charge < -0.3 is 15.3 Å². The molecule has 4 rings (SSSR count). The van der Waals surface area contributed by atoms with Gasteiger partial charge >= 0.3 is 0 Å². The Morgan fingerprint density at radius 3 is 2.60 bits per heavy atom. The summed E-state index contributed by atoms with van der Waals surface area (Å²) >= 11 is 0. The van der Waals surface area contributed by atoms with Gasteiger partial charge in [0.2, 0.25) is 0 Å². The molecule has 4 heteroatoms. The summed E-state index contributed by atoms with van der Waals surface area (Å²) in [6.07, 6.45) is 6.95. The van der Waals surface area contributed by atoms with E-state index >= 15 is 0 Å². The summed E-state index contributed by atoms with van der Waals surface area (Å²) in [6.45, 7) is 5.83. The lowest BCUT2D eigenvalue weighted by Crippen LogP contribution is -2.57. The number of ketones is 1. The molecule has 3 N–H and O–H groups in total. The Balaban J connectivity index is 1.73. The molecule has 8 atom stereocenters. The smallest absolute Gasteiger partial charge is 0.161 e. The molecule has 25 heavy (non-hydrogen) atoms. The van der Waals surface area contributed by atoms with Gasteiger partial charge in [-0.15, -0.1) is 0 Å². The van der Waals surface area contributed by atoms with E-state index in [1.165, 1.54) is 12.5 Å². The summed E-state index contributed by atoms with van der Waals surface area (Å²) in [5, 5.41) is 32.1. The lowest BCUT2D eigenvalue weighted by molar-refractivity contribution is -0.160. The van der Waals surface area contributed by atoms with Crippen LogP contribution in [0, 0.1) is 28.6 Å². The number of fused-ring (bicyclic) bond motifs is 5. The lowest BCUT2D eigenvalue weighted by atomic mass is 9.46. The molecule has 4 nitrogen and oxygen atoms in total. The van der Waals surface area contributed by atoms with Crippen molar-refractivity contribution in [1.82, 2.24) is 0 Å². The average Bonchev–Trinajstić information content (AvgIpc) is 2.75. The summed E-state index contributed by atoms with van der Waals surface area (Å²) < 4.78 is 0. The fraction of sp³-hybridized carbons (Fsp3) is 0.857. The van der Waals surface area contributed by atoms with Crippen LogP contribution in [0.1, 0.15) is 65.7 Å². The highest BCUT2D eigenvalue weighted by molar-refractivity contribution is 5.86. The van der Waals surface area contributed by atoms with Gasteiger partial charge in [-0.3, -0.25) is 4.79 Å². The first-order valence-corrected chi connectivity index (χ1v) is 9.92. The summed E-state index contributed by atoms with van der Waals surface area (Å²) in [6, 6.07) is 0. The molecule has 0 radical (unpaired) electrons. The molecular formula is C21H32O4. The highest BCUT2D eigenvalue weighted by Gasteiger charge is 2.68. The molecule has 0 bridgehead atoms. The van der Waals surface area contributed by atoms with Gasteiger partial charge in [-0.25, -0.2) is 0 Å². The molecule has 140 valence electrons. The maximum absolute atomic E-state index is 12.3. The van der Waals surface area contributed by atoms with Crippen LogP contribution < -0.4 is 0 Å². The third-order valence-electron chi connectivity index (χ3n) is 8.78. The zero-order chi connectivity index (χ0) is 18.2. The van der Waals surface area contributed by atoms with Crippen molar-refractivity contribution in [2.24, 2.45) is 28.6 Å². The van der Waals surface area contributed by atoms with Crippen molar-refractivity contribution in [1.29, 1.82) is 0 Å². The van der Waals surface area contributed by atoms with Gasteiger partial charge in [0.25, 0.3) is 0 Å². The Labute approximate surface area is 150 Å². The van der Waals surface area contributed by atoms with Crippen LogP contribution in [0.2, 0.25) is 0 Å². The summed E-state index contributed by atoms with van der Waals surface area (Å²) in [7, 11) is 0. The second kappa shape index (κ2) is 5.40. The summed E-state index contributed by atoms with van der Waals surface area (Å²) in [5.74, 6) is 0.559. The maximum atomic E-state index is 12.3. The van der Waals surface area contributed by atoms with E-state index < -0.39 is 17.1 Å². The average molecular weight is 348 g/mol. The summed E-state index contributed by atoms with van der Waals surface area (Å²) in [5.41, 5.74) is -0.434. The molecular weight excluding hydrogens is 316 g/mol. The number of carbonyl (C=O) groups excluding carboxylic acids is 1. The third-order valence-corrected chi connectivity index (χ3v) is 8.78. The van der Waals surface area contributed by atoms with Crippen LogP contribution in [-0.2, 0) is 4.79 Å². The van der Waals surface area contributed by atoms with E-state index in [9.17, 15) is 20.1 Å². The molecule has 3 fully saturated rings. The number of allylic oxidation sites excluding steroid dienone is 1. The molecule has 4 aliphatic rings. The fourth-order valence-corrected chi connectivity index (χ4v) is 7.30. The largest absolute Gasteiger partial charge is 0.393 e. The Morgan fingerprint density at radius 2 is 1.92 bits per heavy atom. The Kier molecular flexibility index (Phi) is 3.82. The standard InChI is InChI=1S/C21H32O4/c1-12(22)21(25)11-17(24)18-15-5-4-13-10-14(23)6-8-19(13,2)16(15)7-9-20(18,21)3/h4,14-18,23-25H,5-11H2,1-3H3/t14-,15+,16-,17-,18+,19-,20-,21-/m0/s1. The SMILES string of the molecule is CC(=O)[C@@]1(O)C[C@H](O)[C@H]2[C@@H]3CC=C4C[C@@H](O)CC[C@]4(C)[C@H]3CC[C@@]21C. The van der Waals surface area contributed by atoms with Gasteiger partial charge in [0.15, 0.2) is 5.78 Å². The van der Waals surface area contributed by atoms with Gasteiger partial charge in [-0.2, -0.15) is 0 Å². The van der Waals surface area contributed by atoms with E-state index in [0.29, 0.717) is 11.8 Å². The molecule has 0 aromatic heterocycles. The molecule has 0 aliphatic heterocycles. The van der Waals surface area contributed by atoms with Crippen LogP contribution in [-0.4, -0.2) is 38.9 Å². The van der Waals surface area contributed by atoms with E-state index in [0.717, 1.165) is 38.5 Å². The molecule has 3 saturated carbocycles. The highest BCUT2D eigenvalue weighted by Crippen LogP contribution is 2.67. The number of hydrogen-bond donors (Lipinski definition) is 3. The predicted molar refractivity (Wildman–Crippen MR) is 94.7 cm³/mol. The van der Waals surface area contributed by atoms with Gasteiger partial charge in [0.05, 0.1) is 12.2 Å². The van der Waals surface area contributed by atoms with Gasteiger partial charge in [0.1, 0.15) is 5.60 Å². The second-order valence-electron chi connectivity index (χ2n) is 9.72. The maximum Gasteiger partial charge on any atom is 0.161 e. The minimum absolute atomic E-state index is 0.0263. The van der Waals surface area contributed by atoms with Crippen LogP contribution in [0.5, 0.6) is 0 Å². The number of aliphatic hydroxyl groups excluding tert-OH is 2. The van der Waals surface area contributed by atoms with Crippen molar-refractivity contribution < 1.29 is 20.1 Å². The highest BCUT2D eigenvalue weighted by atomic mass is 16.3. The van der Waals surface area contributed by atoms with Crippen molar-refractivity contribution in [3.8, 4) is 0 Å². The van der Waals surface area contributed by atoms with E-state index in [1.807, 2.05) is 6.92 Å². The molecule has 0 unspecified atom stereocenters. The molecule has 0 saturated heterocycles. The summed E-state index contributed by atoms with van der Waals surface area (Å²) in [4.78, 5) is 12.3. The van der Waals surface area contributed by atoms with Crippen LogP contribution in [0.15, 0.2) is 11.6 Å². The zero-order valence-corrected chi connectivity index (χ0v) is 15.7. The predicted octanol–water partition coefficient (Wildman–Crippen LogP) is 2.60. The monoisotopic (exact) mass is 348 g/mol. The minimum Gasteiger partial charge on any atom is -0.393 e. The van der Waals surface area contributed by atoms with Gasteiger partial charge in [-0.1, -0.05) is 25.5 Å². The topological polar surface area (TPSA) is 77.8 Å². The van der Waals surface area contributed by atoms with Crippen molar-refractivity contribution >= 4 is 5.78 Å². The number of hydrogen-bond acceptors (Lipinski definition) is 4. The first kappa shape index (κ1) is 17.7.